The van der Waals surface area contributed by atoms with Crippen LogP contribution in [0.4, 0.5) is 4.39 Å². The molecule has 0 saturated carbocycles. The third kappa shape index (κ3) is 3.94. The largest absolute Gasteiger partial charge is 0.330 e. The first-order valence-electron chi connectivity index (χ1n) is 8.67. The van der Waals surface area contributed by atoms with Crippen molar-refractivity contribution in [3.05, 3.63) is 51.6 Å². The van der Waals surface area contributed by atoms with E-state index in [0.717, 1.165) is 21.9 Å². The van der Waals surface area contributed by atoms with Crippen LogP contribution in [-0.4, -0.2) is 36.8 Å². The van der Waals surface area contributed by atoms with E-state index in [9.17, 15) is 12.8 Å². The molecule has 0 amide bonds. The summed E-state index contributed by atoms with van der Waals surface area (Å²) in [6.45, 7) is 5.05. The fourth-order valence-electron chi connectivity index (χ4n) is 3.64. The van der Waals surface area contributed by atoms with Gasteiger partial charge in [-0.2, -0.15) is 5.10 Å². The van der Waals surface area contributed by atoms with E-state index in [-0.39, 0.29) is 23.4 Å². The Morgan fingerprint density at radius 1 is 1.31 bits per heavy atom. The van der Waals surface area contributed by atoms with Gasteiger partial charge in [-0.3, -0.25) is 4.68 Å². The molecule has 0 aliphatic carbocycles. The summed E-state index contributed by atoms with van der Waals surface area (Å²) in [7, 11) is -0.974. The fraction of sp³-hybridized carbons (Fsp3) is 0.500. The minimum Gasteiger partial charge on any atom is -0.330 e. The maximum atomic E-state index is 14.0. The Labute approximate surface area is 158 Å². The molecule has 1 aromatic heterocycles. The summed E-state index contributed by atoms with van der Waals surface area (Å²) in [6, 6.07) is 4.63. The Morgan fingerprint density at radius 3 is 2.62 bits per heavy atom. The number of hydrogen-bond acceptors (Lipinski definition) is 3. The van der Waals surface area contributed by atoms with Gasteiger partial charge in [-0.15, -0.1) is 0 Å². The lowest BCUT2D eigenvalue weighted by Gasteiger charge is -2.16. The van der Waals surface area contributed by atoms with Crippen molar-refractivity contribution in [3.63, 3.8) is 0 Å². The standard InChI is InChI=1S/C18H23ClFN3O2S/c1-12-15(9-22(3)10-16-17(19)5-4-6-18(16)20)13(2)23(21-12)14-7-8-26(24,25)11-14/h4-6,14H,7-11H2,1-3H3/p+1/t14-/m0/s1. The molecule has 1 aliphatic rings. The van der Waals surface area contributed by atoms with Crippen molar-refractivity contribution in [1.82, 2.24) is 9.78 Å². The zero-order valence-electron chi connectivity index (χ0n) is 15.2. The molecule has 8 heteroatoms. The van der Waals surface area contributed by atoms with Gasteiger partial charge >= 0.3 is 0 Å². The molecule has 1 fully saturated rings. The maximum Gasteiger partial charge on any atom is 0.152 e. The van der Waals surface area contributed by atoms with Gasteiger partial charge in [0.05, 0.1) is 46.4 Å². The highest BCUT2D eigenvalue weighted by Crippen LogP contribution is 2.26. The highest BCUT2D eigenvalue weighted by Gasteiger charge is 2.31. The second-order valence-corrected chi connectivity index (χ2v) is 9.80. The average molecular weight is 401 g/mol. The third-order valence-electron chi connectivity index (χ3n) is 5.05. The molecular weight excluding hydrogens is 377 g/mol. The van der Waals surface area contributed by atoms with Gasteiger partial charge in [0, 0.05) is 5.69 Å². The lowest BCUT2D eigenvalue weighted by atomic mass is 10.1. The van der Waals surface area contributed by atoms with Crippen molar-refractivity contribution in [3.8, 4) is 0 Å². The van der Waals surface area contributed by atoms with Crippen molar-refractivity contribution in [2.24, 2.45) is 0 Å². The molecule has 0 radical (unpaired) electrons. The van der Waals surface area contributed by atoms with Crippen LogP contribution in [0.15, 0.2) is 18.2 Å². The monoisotopic (exact) mass is 400 g/mol. The molecule has 2 heterocycles. The van der Waals surface area contributed by atoms with E-state index < -0.39 is 9.84 Å². The third-order valence-corrected chi connectivity index (χ3v) is 7.15. The molecular formula is C18H24ClFN3O2S+. The van der Waals surface area contributed by atoms with Crippen LogP contribution in [-0.2, 0) is 22.9 Å². The van der Waals surface area contributed by atoms with Gasteiger partial charge in [0.1, 0.15) is 18.9 Å². The van der Waals surface area contributed by atoms with Crippen LogP contribution in [0.5, 0.6) is 0 Å². The van der Waals surface area contributed by atoms with E-state index in [1.54, 1.807) is 12.1 Å². The average Bonchev–Trinajstić information content (AvgIpc) is 3.05. The number of nitrogens with zero attached hydrogens (tertiary/aromatic N) is 2. The number of nitrogens with one attached hydrogen (secondary N) is 1. The topological polar surface area (TPSA) is 56.4 Å². The number of aromatic nitrogens is 2. The SMILES string of the molecule is Cc1nn([C@H]2CCS(=O)(=O)C2)c(C)c1C[NH+](C)Cc1c(F)cccc1Cl. The number of rotatable bonds is 5. The Hall–Kier alpha value is -1.44. The van der Waals surface area contributed by atoms with Crippen LogP contribution in [0.3, 0.4) is 0 Å². The summed E-state index contributed by atoms with van der Waals surface area (Å²) in [5.74, 6) is 0.0849. The van der Waals surface area contributed by atoms with E-state index in [0.29, 0.717) is 30.1 Å². The Bertz CT molecular complexity index is 907. The molecule has 142 valence electrons. The molecule has 0 bridgehead atoms. The smallest absolute Gasteiger partial charge is 0.152 e. The number of sulfone groups is 1. The molecule has 2 aromatic rings. The van der Waals surface area contributed by atoms with Crippen LogP contribution >= 0.6 is 11.6 Å². The van der Waals surface area contributed by atoms with Crippen LogP contribution in [0.2, 0.25) is 5.02 Å². The maximum absolute atomic E-state index is 14.0. The Balaban J connectivity index is 1.78. The molecule has 1 saturated heterocycles. The Morgan fingerprint density at radius 2 is 2.00 bits per heavy atom. The molecule has 1 aliphatic heterocycles. The van der Waals surface area contributed by atoms with Gasteiger partial charge in [-0.05, 0) is 32.4 Å². The van der Waals surface area contributed by atoms with E-state index in [1.165, 1.54) is 6.07 Å². The second-order valence-electron chi connectivity index (χ2n) is 7.16. The van der Waals surface area contributed by atoms with E-state index >= 15 is 0 Å². The predicted octanol–water partition coefficient (Wildman–Crippen LogP) is 1.87. The summed E-state index contributed by atoms with van der Waals surface area (Å²) in [5, 5.41) is 5.03. The molecule has 2 atom stereocenters. The highest BCUT2D eigenvalue weighted by molar-refractivity contribution is 7.91. The summed E-state index contributed by atoms with van der Waals surface area (Å²) >= 11 is 6.13. The summed E-state index contributed by atoms with van der Waals surface area (Å²) in [5.41, 5.74) is 3.48. The summed E-state index contributed by atoms with van der Waals surface area (Å²) < 4.78 is 39.4. The van der Waals surface area contributed by atoms with E-state index in [2.05, 4.69) is 5.10 Å². The minimum atomic E-state index is -2.96. The molecule has 1 aromatic carbocycles. The lowest BCUT2D eigenvalue weighted by Crippen LogP contribution is -3.06. The van der Waals surface area contributed by atoms with Gasteiger partial charge in [0.15, 0.2) is 9.84 Å². The number of halogens is 2. The van der Waals surface area contributed by atoms with Crippen molar-refractivity contribution in [1.29, 1.82) is 0 Å². The number of hydrogen-bond donors (Lipinski definition) is 1. The quantitative estimate of drug-likeness (QED) is 0.833. The molecule has 26 heavy (non-hydrogen) atoms. The van der Waals surface area contributed by atoms with Crippen molar-refractivity contribution in [2.45, 2.75) is 39.4 Å². The zero-order valence-corrected chi connectivity index (χ0v) is 16.8. The van der Waals surface area contributed by atoms with E-state index in [4.69, 9.17) is 11.6 Å². The zero-order chi connectivity index (χ0) is 19.1. The number of aryl methyl sites for hydroxylation is 1. The molecule has 5 nitrogen and oxygen atoms in total. The first kappa shape index (κ1) is 19.3. The molecule has 3 rings (SSSR count). The Kier molecular flexibility index (Phi) is 5.42. The normalized spacial score (nSPS) is 20.4. The van der Waals surface area contributed by atoms with E-state index in [1.807, 2.05) is 25.6 Å². The van der Waals surface area contributed by atoms with Crippen molar-refractivity contribution >= 4 is 21.4 Å². The number of benzene rings is 1. The first-order chi connectivity index (χ1) is 12.2. The van der Waals surface area contributed by atoms with Crippen LogP contribution in [0.25, 0.3) is 0 Å². The van der Waals surface area contributed by atoms with Gasteiger partial charge in [-0.25, -0.2) is 12.8 Å². The van der Waals surface area contributed by atoms with Gasteiger partial charge in [-0.1, -0.05) is 17.7 Å². The highest BCUT2D eigenvalue weighted by atomic mass is 35.5. The second kappa shape index (κ2) is 7.29. The summed E-state index contributed by atoms with van der Waals surface area (Å²) in [6.07, 6.45) is 0.608. The van der Waals surface area contributed by atoms with Gasteiger partial charge in [0.25, 0.3) is 0 Å². The minimum absolute atomic E-state index is 0.0891. The summed E-state index contributed by atoms with van der Waals surface area (Å²) in [4.78, 5) is 1.08. The number of quaternary nitrogens is 1. The predicted molar refractivity (Wildman–Crippen MR) is 99.7 cm³/mol. The van der Waals surface area contributed by atoms with Crippen molar-refractivity contribution in [2.75, 3.05) is 18.6 Å². The molecule has 0 spiro atoms. The lowest BCUT2D eigenvalue weighted by molar-refractivity contribution is -0.907. The van der Waals surface area contributed by atoms with Crippen LogP contribution in [0.1, 0.15) is 35.0 Å². The molecule has 1 N–H and O–H groups in total. The molecule has 1 unspecified atom stereocenters. The van der Waals surface area contributed by atoms with Crippen LogP contribution in [0, 0.1) is 19.7 Å². The van der Waals surface area contributed by atoms with Crippen molar-refractivity contribution < 1.29 is 17.7 Å². The van der Waals surface area contributed by atoms with Gasteiger partial charge in [0.2, 0.25) is 0 Å². The van der Waals surface area contributed by atoms with Gasteiger partial charge < -0.3 is 4.90 Å². The first-order valence-corrected chi connectivity index (χ1v) is 10.9. The fourth-order valence-corrected chi connectivity index (χ4v) is 5.57. The van der Waals surface area contributed by atoms with Crippen LogP contribution < -0.4 is 4.90 Å².